The number of carbonyl (C=O) groups excluding carboxylic acids is 1. The first-order chi connectivity index (χ1) is 15.9. The Bertz CT molecular complexity index is 1100. The highest BCUT2D eigenvalue weighted by molar-refractivity contribution is 7.99. The molecule has 0 atom stereocenters. The fourth-order valence-corrected chi connectivity index (χ4v) is 4.83. The summed E-state index contributed by atoms with van der Waals surface area (Å²) in [6.07, 6.45) is 3.33. The van der Waals surface area contributed by atoms with Gasteiger partial charge in [0, 0.05) is 35.0 Å². The monoisotopic (exact) mass is 464 g/mol. The highest BCUT2D eigenvalue weighted by Gasteiger charge is 2.20. The lowest BCUT2D eigenvalue weighted by Crippen LogP contribution is -2.37. The summed E-state index contributed by atoms with van der Waals surface area (Å²) >= 11 is 1.55. The predicted molar refractivity (Wildman–Crippen MR) is 132 cm³/mol. The number of nitrogens with zero attached hydrogens (tertiary/aromatic N) is 4. The van der Waals surface area contributed by atoms with Crippen LogP contribution in [0.3, 0.4) is 0 Å². The van der Waals surface area contributed by atoms with E-state index in [2.05, 4.69) is 40.5 Å². The molecule has 0 bridgehead atoms. The fourth-order valence-electron chi connectivity index (χ4n) is 4.05. The van der Waals surface area contributed by atoms with Crippen molar-refractivity contribution in [3.05, 3.63) is 58.5 Å². The van der Waals surface area contributed by atoms with Gasteiger partial charge in [-0.15, -0.1) is 0 Å². The van der Waals surface area contributed by atoms with Crippen LogP contribution in [0, 0.1) is 13.8 Å². The second-order valence-electron chi connectivity index (χ2n) is 8.99. The normalized spacial score (nSPS) is 15.0. The van der Waals surface area contributed by atoms with Gasteiger partial charge in [-0.05, 0) is 89.3 Å². The summed E-state index contributed by atoms with van der Waals surface area (Å²) in [5, 5.41) is 11.9. The molecule has 3 heterocycles. The van der Waals surface area contributed by atoms with E-state index in [1.807, 2.05) is 31.2 Å². The minimum absolute atomic E-state index is 0.167. The molecule has 7 nitrogen and oxygen atoms in total. The second-order valence-corrected chi connectivity index (χ2v) is 10.0. The Hall–Kier alpha value is -2.71. The molecule has 174 valence electrons. The Kier molecular flexibility index (Phi) is 7.45. The zero-order valence-electron chi connectivity index (χ0n) is 19.8. The first-order valence-electron chi connectivity index (χ1n) is 11.5. The first kappa shape index (κ1) is 23.4. The van der Waals surface area contributed by atoms with Crippen molar-refractivity contribution >= 4 is 23.4 Å². The number of likely N-dealkylation sites (tertiary alicyclic amines) is 1. The van der Waals surface area contributed by atoms with Crippen molar-refractivity contribution in [3.8, 4) is 0 Å². The molecular formula is C25H32N6OS. The third-order valence-electron chi connectivity index (χ3n) is 5.98. The second kappa shape index (κ2) is 10.5. The molecule has 0 spiro atoms. The van der Waals surface area contributed by atoms with E-state index in [4.69, 9.17) is 9.97 Å². The van der Waals surface area contributed by atoms with Crippen molar-refractivity contribution in [1.82, 2.24) is 25.1 Å². The number of piperidine rings is 1. The zero-order valence-corrected chi connectivity index (χ0v) is 20.6. The SMILES string of the molecule is CC(=O)Cc1ccc(Sc2nc(Cc3cc(C)[nH]n3)c(C)c(NC3CCN(C)CC3)n2)cc1. The average molecular weight is 465 g/mol. The van der Waals surface area contributed by atoms with Crippen molar-refractivity contribution in [3.63, 3.8) is 0 Å². The summed E-state index contributed by atoms with van der Waals surface area (Å²) in [6, 6.07) is 10.6. The number of hydrogen-bond acceptors (Lipinski definition) is 7. The van der Waals surface area contributed by atoms with Crippen LogP contribution >= 0.6 is 11.8 Å². The molecule has 0 aliphatic carbocycles. The lowest BCUT2D eigenvalue weighted by Gasteiger charge is -2.30. The molecule has 4 rings (SSSR count). The van der Waals surface area contributed by atoms with E-state index < -0.39 is 0 Å². The number of Topliss-reactive ketones (excluding diaryl/α,β-unsaturated/α-hetero) is 1. The van der Waals surface area contributed by atoms with Crippen LogP contribution in [0.4, 0.5) is 5.82 Å². The maximum atomic E-state index is 11.4. The van der Waals surface area contributed by atoms with Crippen LogP contribution in [0.2, 0.25) is 0 Å². The lowest BCUT2D eigenvalue weighted by atomic mass is 10.0. The van der Waals surface area contributed by atoms with Gasteiger partial charge in [0.2, 0.25) is 0 Å². The van der Waals surface area contributed by atoms with Crippen LogP contribution in [0.15, 0.2) is 40.4 Å². The molecule has 33 heavy (non-hydrogen) atoms. The first-order valence-corrected chi connectivity index (χ1v) is 12.3. The van der Waals surface area contributed by atoms with Crippen molar-refractivity contribution in [2.45, 2.75) is 62.5 Å². The predicted octanol–water partition coefficient (Wildman–Crippen LogP) is 4.20. The van der Waals surface area contributed by atoms with Crippen molar-refractivity contribution < 1.29 is 4.79 Å². The van der Waals surface area contributed by atoms with E-state index in [9.17, 15) is 4.79 Å². The maximum Gasteiger partial charge on any atom is 0.194 e. The van der Waals surface area contributed by atoms with Crippen molar-refractivity contribution in [1.29, 1.82) is 0 Å². The molecule has 1 aliphatic rings. The van der Waals surface area contributed by atoms with Gasteiger partial charge in [0.1, 0.15) is 11.6 Å². The summed E-state index contributed by atoms with van der Waals surface area (Å²) in [5.74, 6) is 1.08. The quantitative estimate of drug-likeness (QED) is 0.483. The van der Waals surface area contributed by atoms with Gasteiger partial charge in [-0.2, -0.15) is 5.10 Å². The van der Waals surface area contributed by atoms with E-state index in [0.717, 1.165) is 70.0 Å². The summed E-state index contributed by atoms with van der Waals surface area (Å²) < 4.78 is 0. The molecule has 1 saturated heterocycles. The number of H-pyrrole nitrogens is 1. The molecule has 2 aromatic heterocycles. The van der Waals surface area contributed by atoms with Gasteiger partial charge in [0.25, 0.3) is 0 Å². The Balaban J connectivity index is 1.59. The Morgan fingerprint density at radius 1 is 1.18 bits per heavy atom. The Labute approximate surface area is 199 Å². The summed E-state index contributed by atoms with van der Waals surface area (Å²) in [5.41, 5.74) is 5.11. The molecule has 0 saturated carbocycles. The smallest absolute Gasteiger partial charge is 0.194 e. The molecule has 0 amide bonds. The van der Waals surface area contributed by atoms with Crippen LogP contribution < -0.4 is 5.32 Å². The number of rotatable bonds is 8. The minimum Gasteiger partial charge on any atom is -0.367 e. The number of anilines is 1. The molecule has 2 N–H and O–H groups in total. The van der Waals surface area contributed by atoms with E-state index >= 15 is 0 Å². The van der Waals surface area contributed by atoms with Gasteiger partial charge in [-0.25, -0.2) is 9.97 Å². The van der Waals surface area contributed by atoms with Crippen LogP contribution in [0.1, 0.15) is 48.0 Å². The zero-order chi connectivity index (χ0) is 23.4. The van der Waals surface area contributed by atoms with E-state index in [1.165, 1.54) is 0 Å². The molecule has 1 fully saturated rings. The number of aryl methyl sites for hydroxylation is 1. The van der Waals surface area contributed by atoms with E-state index in [1.54, 1.807) is 18.7 Å². The average Bonchev–Trinajstić information content (AvgIpc) is 3.18. The van der Waals surface area contributed by atoms with E-state index in [0.29, 0.717) is 18.9 Å². The summed E-state index contributed by atoms with van der Waals surface area (Å²) in [7, 11) is 2.17. The Morgan fingerprint density at radius 2 is 1.91 bits per heavy atom. The number of ketones is 1. The van der Waals surface area contributed by atoms with Gasteiger partial charge in [0.05, 0.1) is 11.4 Å². The molecule has 0 radical (unpaired) electrons. The Morgan fingerprint density at radius 3 is 2.55 bits per heavy atom. The van der Waals surface area contributed by atoms with Crippen molar-refractivity contribution in [2.24, 2.45) is 0 Å². The van der Waals surface area contributed by atoms with Crippen LogP contribution in [-0.2, 0) is 17.6 Å². The van der Waals surface area contributed by atoms with Crippen LogP contribution in [-0.4, -0.2) is 57.0 Å². The number of hydrogen-bond donors (Lipinski definition) is 2. The highest BCUT2D eigenvalue weighted by Crippen LogP contribution is 2.29. The highest BCUT2D eigenvalue weighted by atomic mass is 32.2. The van der Waals surface area contributed by atoms with Crippen LogP contribution in [0.5, 0.6) is 0 Å². The van der Waals surface area contributed by atoms with Gasteiger partial charge in [0.15, 0.2) is 5.16 Å². The third-order valence-corrected chi connectivity index (χ3v) is 6.85. The van der Waals surface area contributed by atoms with Gasteiger partial charge in [-0.3, -0.25) is 9.89 Å². The summed E-state index contributed by atoms with van der Waals surface area (Å²) in [6.45, 7) is 7.90. The number of nitrogens with one attached hydrogen (secondary N) is 2. The number of aromatic amines is 1. The number of aromatic nitrogens is 4. The number of benzene rings is 1. The third kappa shape index (κ3) is 6.42. The largest absolute Gasteiger partial charge is 0.367 e. The van der Waals surface area contributed by atoms with Crippen molar-refractivity contribution in [2.75, 3.05) is 25.5 Å². The minimum atomic E-state index is 0.167. The maximum absolute atomic E-state index is 11.4. The van der Waals surface area contributed by atoms with Crippen LogP contribution in [0.25, 0.3) is 0 Å². The topological polar surface area (TPSA) is 86.8 Å². The summed E-state index contributed by atoms with van der Waals surface area (Å²) in [4.78, 5) is 24.6. The molecule has 1 aliphatic heterocycles. The molecule has 1 aromatic carbocycles. The van der Waals surface area contributed by atoms with Gasteiger partial charge < -0.3 is 10.2 Å². The van der Waals surface area contributed by atoms with E-state index in [-0.39, 0.29) is 5.78 Å². The molecule has 0 unspecified atom stereocenters. The van der Waals surface area contributed by atoms with Gasteiger partial charge in [-0.1, -0.05) is 12.1 Å². The van der Waals surface area contributed by atoms with Gasteiger partial charge >= 0.3 is 0 Å². The fraction of sp³-hybridized carbons (Fsp3) is 0.440. The standard InChI is InChI=1S/C25H32N6OS/c1-16-13-21(30-29-16)15-23-18(3)24(26-20-9-11-31(4)12-10-20)28-25(27-23)33-22-7-5-19(6-8-22)14-17(2)32/h5-8,13,20H,9-12,14-15H2,1-4H3,(H,29,30)(H,26,27,28). The molecule has 3 aromatic rings. The molecule has 8 heteroatoms. The number of carbonyl (C=O) groups is 1. The lowest BCUT2D eigenvalue weighted by molar-refractivity contribution is -0.116. The molecular weight excluding hydrogens is 432 g/mol.